The van der Waals surface area contributed by atoms with Gasteiger partial charge in [0.25, 0.3) is 0 Å². The monoisotopic (exact) mass is 208 g/mol. The molecule has 0 saturated heterocycles. The molecule has 0 atom stereocenters. The third-order valence-electron chi connectivity index (χ3n) is 3.68. The van der Waals surface area contributed by atoms with Gasteiger partial charge >= 0.3 is 0 Å². The molecule has 0 heteroatoms. The van der Waals surface area contributed by atoms with E-state index in [9.17, 15) is 0 Å². The average Bonchev–Trinajstić information content (AvgIpc) is 2.30. The Kier molecular flexibility index (Phi) is 2.49. The van der Waals surface area contributed by atoms with E-state index in [1.54, 1.807) is 0 Å². The zero-order valence-electron chi connectivity index (χ0n) is 9.34. The average molecular weight is 208 g/mol. The summed E-state index contributed by atoms with van der Waals surface area (Å²) in [7, 11) is 0. The lowest BCUT2D eigenvalue weighted by molar-refractivity contribution is 0.351. The maximum atomic E-state index is 2.26. The number of rotatable bonds is 2. The van der Waals surface area contributed by atoms with Crippen LogP contribution in [0.4, 0.5) is 0 Å². The van der Waals surface area contributed by atoms with Crippen LogP contribution < -0.4 is 0 Å². The Balaban J connectivity index is 1.68. The molecule has 0 heterocycles. The molecule has 1 aliphatic rings. The molecule has 0 nitrogen and oxygen atoms in total. The van der Waals surface area contributed by atoms with Crippen molar-refractivity contribution in [3.63, 3.8) is 0 Å². The first-order chi connectivity index (χ1) is 7.93. The summed E-state index contributed by atoms with van der Waals surface area (Å²) >= 11 is 0. The molecular weight excluding hydrogens is 192 g/mol. The Morgan fingerprint density at radius 2 is 0.938 bits per heavy atom. The quantitative estimate of drug-likeness (QED) is 0.688. The summed E-state index contributed by atoms with van der Waals surface area (Å²) in [6.45, 7) is 0. The van der Waals surface area contributed by atoms with Crippen molar-refractivity contribution in [2.75, 3.05) is 0 Å². The van der Waals surface area contributed by atoms with Crippen LogP contribution in [0.3, 0.4) is 0 Å². The molecule has 2 aromatic rings. The van der Waals surface area contributed by atoms with Gasteiger partial charge in [0, 0.05) is 0 Å². The minimum Gasteiger partial charge on any atom is -0.0622 e. The van der Waals surface area contributed by atoms with Gasteiger partial charge in [-0.25, -0.2) is 0 Å². The predicted molar refractivity (Wildman–Crippen MR) is 67.6 cm³/mol. The van der Waals surface area contributed by atoms with E-state index in [0.717, 1.165) is 11.8 Å². The van der Waals surface area contributed by atoms with E-state index in [1.807, 2.05) is 0 Å². The van der Waals surface area contributed by atoms with Crippen molar-refractivity contribution in [1.29, 1.82) is 0 Å². The molecule has 0 amide bonds. The first kappa shape index (κ1) is 9.65. The van der Waals surface area contributed by atoms with Crippen LogP contribution in [0.25, 0.3) is 0 Å². The second-order valence-electron chi connectivity index (χ2n) is 4.69. The van der Waals surface area contributed by atoms with Crippen molar-refractivity contribution in [1.82, 2.24) is 0 Å². The van der Waals surface area contributed by atoms with Gasteiger partial charge < -0.3 is 0 Å². The summed E-state index contributed by atoms with van der Waals surface area (Å²) < 4.78 is 0. The maximum Gasteiger partial charge on any atom is -0.0150 e. The Morgan fingerprint density at radius 3 is 1.31 bits per heavy atom. The van der Waals surface area contributed by atoms with Crippen molar-refractivity contribution in [3.8, 4) is 0 Å². The zero-order chi connectivity index (χ0) is 10.8. The Hall–Kier alpha value is -1.56. The lowest BCUT2D eigenvalue weighted by atomic mass is 9.69. The third kappa shape index (κ3) is 1.76. The number of hydrogen-bond donors (Lipinski definition) is 0. The first-order valence-corrected chi connectivity index (χ1v) is 6.03. The van der Waals surface area contributed by atoms with Crippen LogP contribution in [0.2, 0.25) is 0 Å². The van der Waals surface area contributed by atoms with Crippen molar-refractivity contribution >= 4 is 0 Å². The van der Waals surface area contributed by atoms with E-state index >= 15 is 0 Å². The summed E-state index contributed by atoms with van der Waals surface area (Å²) in [5, 5.41) is 0. The molecule has 0 N–H and O–H groups in total. The highest BCUT2D eigenvalue weighted by atomic mass is 14.3. The summed E-state index contributed by atoms with van der Waals surface area (Å²) in [6, 6.07) is 21.8. The molecule has 1 fully saturated rings. The van der Waals surface area contributed by atoms with Gasteiger partial charge in [-0.05, 0) is 35.8 Å². The fourth-order valence-electron chi connectivity index (χ4n) is 2.61. The van der Waals surface area contributed by atoms with Gasteiger partial charge in [0.1, 0.15) is 0 Å². The Bertz CT molecular complexity index is 394. The van der Waals surface area contributed by atoms with E-state index in [-0.39, 0.29) is 0 Å². The predicted octanol–water partition coefficient (Wildman–Crippen LogP) is 4.35. The van der Waals surface area contributed by atoms with Crippen LogP contribution in [0.5, 0.6) is 0 Å². The fraction of sp³-hybridized carbons (Fsp3) is 0.250. The summed E-state index contributed by atoms with van der Waals surface area (Å²) in [5.41, 5.74) is 3.02. The third-order valence-corrected chi connectivity index (χ3v) is 3.68. The van der Waals surface area contributed by atoms with E-state index < -0.39 is 0 Å². The largest absolute Gasteiger partial charge is 0.0622 e. The molecule has 1 aliphatic carbocycles. The number of benzene rings is 2. The minimum atomic E-state index is 0.784. The van der Waals surface area contributed by atoms with Crippen molar-refractivity contribution in [2.24, 2.45) is 0 Å². The van der Waals surface area contributed by atoms with Gasteiger partial charge in [-0.15, -0.1) is 0 Å². The highest BCUT2D eigenvalue weighted by molar-refractivity contribution is 5.28. The lowest BCUT2D eigenvalue weighted by Gasteiger charge is -2.36. The van der Waals surface area contributed by atoms with Gasteiger partial charge in [0.05, 0.1) is 0 Å². The normalized spacial score (nSPS) is 23.8. The molecule has 3 rings (SSSR count). The molecule has 0 aromatic heterocycles. The van der Waals surface area contributed by atoms with Crippen LogP contribution in [-0.4, -0.2) is 0 Å². The molecule has 80 valence electrons. The summed E-state index contributed by atoms with van der Waals surface area (Å²) in [5.74, 6) is 1.57. The summed E-state index contributed by atoms with van der Waals surface area (Å²) in [4.78, 5) is 0. The Labute approximate surface area is 96.9 Å². The van der Waals surface area contributed by atoms with Crippen LogP contribution in [-0.2, 0) is 0 Å². The number of hydrogen-bond acceptors (Lipinski definition) is 0. The smallest absolute Gasteiger partial charge is 0.0150 e. The molecule has 0 bridgehead atoms. The van der Waals surface area contributed by atoms with Crippen LogP contribution >= 0.6 is 0 Å². The van der Waals surface area contributed by atoms with E-state index in [1.165, 1.54) is 24.0 Å². The molecule has 0 unspecified atom stereocenters. The van der Waals surface area contributed by atoms with Gasteiger partial charge in [0.15, 0.2) is 0 Å². The molecule has 0 aliphatic heterocycles. The molecule has 0 spiro atoms. The SMILES string of the molecule is c1ccc(C2CC(c3ccccc3)C2)cc1. The first-order valence-electron chi connectivity index (χ1n) is 6.03. The van der Waals surface area contributed by atoms with Crippen molar-refractivity contribution in [3.05, 3.63) is 71.8 Å². The molecule has 2 aromatic carbocycles. The van der Waals surface area contributed by atoms with Gasteiger partial charge in [-0.1, -0.05) is 60.7 Å². The standard InChI is InChI=1S/C16H16/c1-3-7-13(8-4-1)15-11-16(12-15)14-9-5-2-6-10-14/h1-10,15-16H,11-12H2. The van der Waals surface area contributed by atoms with E-state index in [2.05, 4.69) is 60.7 Å². The highest BCUT2D eigenvalue weighted by Crippen LogP contribution is 2.47. The Morgan fingerprint density at radius 1 is 0.562 bits per heavy atom. The molecule has 1 saturated carbocycles. The molecule has 16 heavy (non-hydrogen) atoms. The second kappa shape index (κ2) is 4.13. The van der Waals surface area contributed by atoms with Gasteiger partial charge in [-0.3, -0.25) is 0 Å². The van der Waals surface area contributed by atoms with Gasteiger partial charge in [-0.2, -0.15) is 0 Å². The lowest BCUT2D eigenvalue weighted by Crippen LogP contribution is -2.19. The van der Waals surface area contributed by atoms with Crippen molar-refractivity contribution in [2.45, 2.75) is 24.7 Å². The highest BCUT2D eigenvalue weighted by Gasteiger charge is 2.30. The summed E-state index contributed by atoms with van der Waals surface area (Å²) in [6.07, 6.45) is 2.63. The fourth-order valence-corrected chi connectivity index (χ4v) is 2.61. The van der Waals surface area contributed by atoms with Crippen LogP contribution in [0, 0.1) is 0 Å². The molecule has 0 radical (unpaired) electrons. The van der Waals surface area contributed by atoms with E-state index in [0.29, 0.717) is 0 Å². The minimum absolute atomic E-state index is 0.784. The van der Waals surface area contributed by atoms with Gasteiger partial charge in [0.2, 0.25) is 0 Å². The topological polar surface area (TPSA) is 0 Å². The second-order valence-corrected chi connectivity index (χ2v) is 4.69. The maximum absolute atomic E-state index is 2.26. The van der Waals surface area contributed by atoms with Crippen molar-refractivity contribution < 1.29 is 0 Å². The molecular formula is C16H16. The zero-order valence-corrected chi connectivity index (χ0v) is 9.34. The van der Waals surface area contributed by atoms with Crippen LogP contribution in [0.15, 0.2) is 60.7 Å². The van der Waals surface area contributed by atoms with Crippen LogP contribution in [0.1, 0.15) is 35.8 Å². The van der Waals surface area contributed by atoms with E-state index in [4.69, 9.17) is 0 Å².